The summed E-state index contributed by atoms with van der Waals surface area (Å²) < 4.78 is 0. The Morgan fingerprint density at radius 3 is 2.44 bits per heavy atom. The maximum absolute atomic E-state index is 12.0. The Morgan fingerprint density at radius 2 is 2.06 bits per heavy atom. The quantitative estimate of drug-likeness (QED) is 0.791. The molecule has 1 aromatic rings. The highest BCUT2D eigenvalue weighted by Crippen LogP contribution is 2.34. The molecule has 94 valence electrons. The number of nitrogens with zero attached hydrogens (tertiary/aromatic N) is 2. The first-order chi connectivity index (χ1) is 8.33. The lowest BCUT2D eigenvalue weighted by Crippen LogP contribution is -2.33. The Morgan fingerprint density at radius 1 is 1.39 bits per heavy atom. The van der Waals surface area contributed by atoms with E-state index in [2.05, 4.69) is 4.98 Å². The molecule has 1 aliphatic heterocycles. The van der Waals surface area contributed by atoms with Crippen molar-refractivity contribution in [1.82, 2.24) is 4.98 Å². The zero-order valence-corrected chi connectivity index (χ0v) is 10.0. The van der Waals surface area contributed by atoms with Crippen LogP contribution in [-0.2, 0) is 9.59 Å². The molecular weight excluding hydrogens is 236 g/mol. The molecule has 0 spiro atoms. The molecule has 0 radical (unpaired) electrons. The molecule has 1 saturated heterocycles. The molecule has 1 N–H and O–H groups in total. The van der Waals surface area contributed by atoms with E-state index >= 15 is 0 Å². The van der Waals surface area contributed by atoms with Gasteiger partial charge in [-0.3, -0.25) is 9.59 Å². The highest BCUT2D eigenvalue weighted by molar-refractivity contribution is 6.21. The van der Waals surface area contributed by atoms with Crippen molar-refractivity contribution in [2.45, 2.75) is 20.3 Å². The van der Waals surface area contributed by atoms with Crippen molar-refractivity contribution in [3.63, 3.8) is 0 Å². The average molecular weight is 248 g/mol. The Bertz CT molecular complexity index is 534. The molecule has 0 unspecified atom stereocenters. The molecule has 0 saturated carbocycles. The largest absolute Gasteiger partial charge is 0.478 e. The van der Waals surface area contributed by atoms with Gasteiger partial charge in [0, 0.05) is 12.6 Å². The van der Waals surface area contributed by atoms with Crippen molar-refractivity contribution in [3.8, 4) is 0 Å². The predicted octanol–water partition coefficient (Wildman–Crippen LogP) is 1.07. The third-order valence-corrected chi connectivity index (χ3v) is 2.85. The van der Waals surface area contributed by atoms with E-state index in [1.165, 1.54) is 12.1 Å². The second kappa shape index (κ2) is 3.90. The van der Waals surface area contributed by atoms with Crippen LogP contribution in [0.5, 0.6) is 0 Å². The Balaban J connectivity index is 2.35. The van der Waals surface area contributed by atoms with Gasteiger partial charge < -0.3 is 5.11 Å². The summed E-state index contributed by atoms with van der Waals surface area (Å²) in [5.74, 6) is -1.57. The number of carbonyl (C=O) groups excluding carboxylic acids is 2. The molecule has 0 atom stereocenters. The molecule has 2 rings (SSSR count). The molecule has 0 aromatic carbocycles. The molecule has 2 amide bonds. The zero-order valence-electron chi connectivity index (χ0n) is 10.0. The molecule has 6 nitrogen and oxygen atoms in total. The molecule has 1 fully saturated rings. The maximum atomic E-state index is 12.0. The smallest absolute Gasteiger partial charge is 0.337 e. The van der Waals surface area contributed by atoms with E-state index in [4.69, 9.17) is 5.11 Å². The summed E-state index contributed by atoms with van der Waals surface area (Å²) in [5.41, 5.74) is -0.721. The number of aromatic carboxylic acids is 1. The Kier molecular flexibility index (Phi) is 2.65. The standard InChI is InChI=1S/C12H12N2O4/c1-12(2)5-9(15)14(11(12)18)8-4-3-7(6-13-8)10(16)17/h3-4,6H,5H2,1-2H3,(H,16,17). The van der Waals surface area contributed by atoms with Gasteiger partial charge in [-0.05, 0) is 12.1 Å². The van der Waals surface area contributed by atoms with Crippen LogP contribution < -0.4 is 4.90 Å². The molecule has 6 heteroatoms. The lowest BCUT2D eigenvalue weighted by molar-refractivity contribution is -0.124. The number of hydrogen-bond donors (Lipinski definition) is 1. The number of imide groups is 1. The van der Waals surface area contributed by atoms with E-state index in [0.29, 0.717) is 0 Å². The van der Waals surface area contributed by atoms with Crippen molar-refractivity contribution >= 4 is 23.6 Å². The summed E-state index contributed by atoms with van der Waals surface area (Å²) in [4.78, 5) is 39.3. The molecule has 1 aromatic heterocycles. The summed E-state index contributed by atoms with van der Waals surface area (Å²) in [6.07, 6.45) is 1.26. The highest BCUT2D eigenvalue weighted by atomic mass is 16.4. The maximum Gasteiger partial charge on any atom is 0.337 e. The van der Waals surface area contributed by atoms with Crippen LogP contribution in [0.1, 0.15) is 30.6 Å². The van der Waals surface area contributed by atoms with Crippen LogP contribution in [-0.4, -0.2) is 27.9 Å². The molecular formula is C12H12N2O4. The molecule has 0 aliphatic carbocycles. The molecule has 0 bridgehead atoms. The zero-order chi connectivity index (χ0) is 13.5. The number of carboxylic acids is 1. The van der Waals surface area contributed by atoms with Gasteiger partial charge in [0.15, 0.2) is 0 Å². The SMILES string of the molecule is CC1(C)CC(=O)N(c2ccc(C(=O)O)cn2)C1=O. The van der Waals surface area contributed by atoms with Crippen LogP contribution in [0.2, 0.25) is 0 Å². The van der Waals surface area contributed by atoms with Gasteiger partial charge in [-0.15, -0.1) is 0 Å². The van der Waals surface area contributed by atoms with E-state index in [0.717, 1.165) is 11.1 Å². The minimum Gasteiger partial charge on any atom is -0.478 e. The van der Waals surface area contributed by atoms with Crippen molar-refractivity contribution < 1.29 is 19.5 Å². The first kappa shape index (κ1) is 12.2. The van der Waals surface area contributed by atoms with Gasteiger partial charge in [0.25, 0.3) is 0 Å². The summed E-state index contributed by atoms with van der Waals surface area (Å²) in [7, 11) is 0. The number of aromatic nitrogens is 1. The first-order valence-electron chi connectivity index (χ1n) is 5.40. The van der Waals surface area contributed by atoms with Gasteiger partial charge in [0.2, 0.25) is 11.8 Å². The third-order valence-electron chi connectivity index (χ3n) is 2.85. The number of amides is 2. The summed E-state index contributed by atoms with van der Waals surface area (Å²) in [6.45, 7) is 3.39. The van der Waals surface area contributed by atoms with Gasteiger partial charge in [0.1, 0.15) is 5.82 Å². The van der Waals surface area contributed by atoms with Crippen LogP contribution in [0.4, 0.5) is 5.82 Å². The summed E-state index contributed by atoms with van der Waals surface area (Å²) in [6, 6.07) is 2.68. The van der Waals surface area contributed by atoms with Crippen molar-refractivity contribution in [1.29, 1.82) is 0 Å². The third kappa shape index (κ3) is 1.85. The second-order valence-electron chi connectivity index (χ2n) is 4.81. The van der Waals surface area contributed by atoms with E-state index < -0.39 is 11.4 Å². The van der Waals surface area contributed by atoms with Crippen LogP contribution in [0.3, 0.4) is 0 Å². The van der Waals surface area contributed by atoms with E-state index in [-0.39, 0.29) is 29.6 Å². The van der Waals surface area contributed by atoms with Crippen LogP contribution in [0.15, 0.2) is 18.3 Å². The number of carboxylic acid groups (broad SMARTS) is 1. The number of hydrogen-bond acceptors (Lipinski definition) is 4. The fraction of sp³-hybridized carbons (Fsp3) is 0.333. The van der Waals surface area contributed by atoms with Crippen molar-refractivity contribution in [3.05, 3.63) is 23.9 Å². The van der Waals surface area contributed by atoms with Gasteiger partial charge in [-0.25, -0.2) is 14.7 Å². The van der Waals surface area contributed by atoms with Gasteiger partial charge >= 0.3 is 5.97 Å². The van der Waals surface area contributed by atoms with Crippen molar-refractivity contribution in [2.24, 2.45) is 5.41 Å². The Hall–Kier alpha value is -2.24. The fourth-order valence-electron chi connectivity index (χ4n) is 1.83. The summed E-state index contributed by atoms with van der Waals surface area (Å²) in [5, 5.41) is 8.74. The number of carbonyl (C=O) groups is 3. The van der Waals surface area contributed by atoms with E-state index in [1.54, 1.807) is 13.8 Å². The van der Waals surface area contributed by atoms with Gasteiger partial charge in [0.05, 0.1) is 11.0 Å². The molecule has 18 heavy (non-hydrogen) atoms. The Labute approximate surface area is 103 Å². The van der Waals surface area contributed by atoms with Gasteiger partial charge in [-0.1, -0.05) is 13.8 Å². The minimum atomic E-state index is -1.10. The second-order valence-corrected chi connectivity index (χ2v) is 4.81. The predicted molar refractivity (Wildman–Crippen MR) is 62.1 cm³/mol. The fourth-order valence-corrected chi connectivity index (χ4v) is 1.83. The highest BCUT2D eigenvalue weighted by Gasteiger charge is 2.46. The summed E-state index contributed by atoms with van der Waals surface area (Å²) >= 11 is 0. The van der Waals surface area contributed by atoms with Crippen molar-refractivity contribution in [2.75, 3.05) is 4.90 Å². The van der Waals surface area contributed by atoms with E-state index in [1.807, 2.05) is 0 Å². The van der Waals surface area contributed by atoms with Crippen LogP contribution in [0.25, 0.3) is 0 Å². The molecule has 2 heterocycles. The topological polar surface area (TPSA) is 87.6 Å². The molecule has 1 aliphatic rings. The van der Waals surface area contributed by atoms with E-state index in [9.17, 15) is 14.4 Å². The minimum absolute atomic E-state index is 0.0112. The lowest BCUT2D eigenvalue weighted by atomic mass is 9.92. The normalized spacial score (nSPS) is 18.2. The average Bonchev–Trinajstić information content (AvgIpc) is 2.48. The number of rotatable bonds is 2. The van der Waals surface area contributed by atoms with Crippen LogP contribution in [0, 0.1) is 5.41 Å². The van der Waals surface area contributed by atoms with Crippen LogP contribution >= 0.6 is 0 Å². The first-order valence-corrected chi connectivity index (χ1v) is 5.40. The number of anilines is 1. The van der Waals surface area contributed by atoms with Gasteiger partial charge in [-0.2, -0.15) is 0 Å². The number of pyridine rings is 1. The monoisotopic (exact) mass is 248 g/mol. The lowest BCUT2D eigenvalue weighted by Gasteiger charge is -2.16.